The lowest BCUT2D eigenvalue weighted by atomic mass is 10.1. The molecule has 0 unspecified atom stereocenters. The van der Waals surface area contributed by atoms with Gasteiger partial charge in [-0.1, -0.05) is 37.6 Å². The van der Waals surface area contributed by atoms with Crippen LogP contribution in [0.5, 0.6) is 0 Å². The molecule has 1 heterocycles. The van der Waals surface area contributed by atoms with E-state index in [4.69, 9.17) is 9.68 Å². The predicted octanol–water partition coefficient (Wildman–Crippen LogP) is 4.92. The fourth-order valence-corrected chi connectivity index (χ4v) is 2.38. The second kappa shape index (κ2) is 5.22. The van der Waals surface area contributed by atoms with Crippen molar-refractivity contribution in [3.8, 4) is 17.4 Å². The molecular formula is C18H15NO. The molecule has 2 heteroatoms. The van der Waals surface area contributed by atoms with Gasteiger partial charge in [-0.25, -0.2) is 0 Å². The number of nitriles is 1. The van der Waals surface area contributed by atoms with Crippen molar-refractivity contribution in [1.82, 2.24) is 0 Å². The highest BCUT2D eigenvalue weighted by molar-refractivity contribution is 5.84. The Kier molecular flexibility index (Phi) is 3.26. The Labute approximate surface area is 118 Å². The number of benzene rings is 2. The number of nitrogens with zero attached hydrogens (tertiary/aromatic N) is 1. The van der Waals surface area contributed by atoms with Crippen molar-refractivity contribution in [2.75, 3.05) is 0 Å². The third kappa shape index (κ3) is 2.31. The molecule has 0 saturated heterocycles. The minimum absolute atomic E-state index is 0.656. The van der Waals surface area contributed by atoms with Crippen molar-refractivity contribution in [1.29, 1.82) is 5.26 Å². The van der Waals surface area contributed by atoms with Crippen molar-refractivity contribution >= 4 is 11.0 Å². The number of furan rings is 1. The third-order valence-electron chi connectivity index (χ3n) is 3.42. The maximum atomic E-state index is 8.92. The maximum absolute atomic E-state index is 8.92. The van der Waals surface area contributed by atoms with Gasteiger partial charge in [0.25, 0.3) is 0 Å². The van der Waals surface area contributed by atoms with E-state index in [0.717, 1.165) is 35.1 Å². The second-order valence-corrected chi connectivity index (χ2v) is 4.92. The minimum atomic E-state index is 0.656. The fraction of sp³-hybridized carbons (Fsp3) is 0.167. The molecular weight excluding hydrogens is 246 g/mol. The molecule has 3 aromatic rings. The molecule has 0 N–H and O–H groups in total. The van der Waals surface area contributed by atoms with Crippen LogP contribution in [-0.2, 0) is 6.42 Å². The normalized spacial score (nSPS) is 10.6. The molecule has 0 amide bonds. The summed E-state index contributed by atoms with van der Waals surface area (Å²) in [5.41, 5.74) is 3.89. The molecule has 0 atom stereocenters. The summed E-state index contributed by atoms with van der Waals surface area (Å²) in [7, 11) is 0. The van der Waals surface area contributed by atoms with Crippen LogP contribution in [0.3, 0.4) is 0 Å². The molecule has 2 aromatic carbocycles. The first kappa shape index (κ1) is 12.5. The van der Waals surface area contributed by atoms with E-state index in [0.29, 0.717) is 5.56 Å². The minimum Gasteiger partial charge on any atom is -0.456 e. The fourth-order valence-electron chi connectivity index (χ4n) is 2.38. The maximum Gasteiger partial charge on any atom is 0.135 e. The standard InChI is InChI=1S/C18H15NO/c1-2-3-13-4-7-15(8-5-13)18-11-16-10-14(12-19)6-9-17(16)20-18/h4-11H,2-3H2,1H3. The molecule has 0 saturated carbocycles. The summed E-state index contributed by atoms with van der Waals surface area (Å²) in [6.07, 6.45) is 2.26. The Morgan fingerprint density at radius 2 is 1.85 bits per heavy atom. The Bertz CT molecular complexity index is 775. The SMILES string of the molecule is CCCc1ccc(-c2cc3cc(C#N)ccc3o2)cc1. The quantitative estimate of drug-likeness (QED) is 0.670. The molecule has 1 aromatic heterocycles. The molecule has 0 aliphatic heterocycles. The first-order chi connectivity index (χ1) is 9.80. The molecule has 0 aliphatic carbocycles. The average Bonchev–Trinajstić information content (AvgIpc) is 2.91. The van der Waals surface area contributed by atoms with E-state index in [1.54, 1.807) is 6.07 Å². The summed E-state index contributed by atoms with van der Waals surface area (Å²) in [5.74, 6) is 0.845. The van der Waals surface area contributed by atoms with Crippen LogP contribution < -0.4 is 0 Å². The Morgan fingerprint density at radius 3 is 2.55 bits per heavy atom. The van der Waals surface area contributed by atoms with Crippen LogP contribution in [0.1, 0.15) is 24.5 Å². The summed E-state index contributed by atoms with van der Waals surface area (Å²) >= 11 is 0. The van der Waals surface area contributed by atoms with Crippen molar-refractivity contribution in [3.63, 3.8) is 0 Å². The number of hydrogen-bond donors (Lipinski definition) is 0. The van der Waals surface area contributed by atoms with Crippen molar-refractivity contribution in [3.05, 3.63) is 59.7 Å². The molecule has 0 bridgehead atoms. The summed E-state index contributed by atoms with van der Waals surface area (Å²) < 4.78 is 5.84. The molecule has 2 nitrogen and oxygen atoms in total. The van der Waals surface area contributed by atoms with Gasteiger partial charge in [0.15, 0.2) is 0 Å². The summed E-state index contributed by atoms with van der Waals surface area (Å²) in [5, 5.41) is 9.89. The number of aryl methyl sites for hydroxylation is 1. The molecule has 20 heavy (non-hydrogen) atoms. The van der Waals surface area contributed by atoms with Gasteiger partial charge in [0.1, 0.15) is 11.3 Å². The van der Waals surface area contributed by atoms with Crippen molar-refractivity contribution < 1.29 is 4.42 Å². The largest absolute Gasteiger partial charge is 0.456 e. The zero-order valence-corrected chi connectivity index (χ0v) is 11.4. The van der Waals surface area contributed by atoms with Gasteiger partial charge in [-0.05, 0) is 36.2 Å². The van der Waals surface area contributed by atoms with Gasteiger partial charge in [0.2, 0.25) is 0 Å². The van der Waals surface area contributed by atoms with E-state index in [9.17, 15) is 0 Å². The van der Waals surface area contributed by atoms with E-state index >= 15 is 0 Å². The highest BCUT2D eigenvalue weighted by Crippen LogP contribution is 2.28. The molecule has 0 spiro atoms. The first-order valence-corrected chi connectivity index (χ1v) is 6.83. The summed E-state index contributed by atoms with van der Waals surface area (Å²) in [6.45, 7) is 2.18. The zero-order valence-electron chi connectivity index (χ0n) is 11.4. The monoisotopic (exact) mass is 261 g/mol. The third-order valence-corrected chi connectivity index (χ3v) is 3.42. The molecule has 0 aliphatic rings. The van der Waals surface area contributed by atoms with E-state index in [1.807, 2.05) is 18.2 Å². The average molecular weight is 261 g/mol. The van der Waals surface area contributed by atoms with Gasteiger partial charge in [0.05, 0.1) is 11.6 Å². The van der Waals surface area contributed by atoms with Crippen LogP contribution in [0.25, 0.3) is 22.3 Å². The van der Waals surface area contributed by atoms with Gasteiger partial charge in [0, 0.05) is 10.9 Å². The van der Waals surface area contributed by atoms with Gasteiger partial charge >= 0.3 is 0 Å². The van der Waals surface area contributed by atoms with Crippen LogP contribution >= 0.6 is 0 Å². The van der Waals surface area contributed by atoms with Crippen molar-refractivity contribution in [2.24, 2.45) is 0 Å². The molecule has 0 fully saturated rings. The van der Waals surface area contributed by atoms with E-state index < -0.39 is 0 Å². The topological polar surface area (TPSA) is 36.9 Å². The van der Waals surface area contributed by atoms with Gasteiger partial charge in [-0.3, -0.25) is 0 Å². The number of rotatable bonds is 3. The number of hydrogen-bond acceptors (Lipinski definition) is 2. The van der Waals surface area contributed by atoms with Gasteiger partial charge in [-0.15, -0.1) is 0 Å². The highest BCUT2D eigenvalue weighted by atomic mass is 16.3. The smallest absolute Gasteiger partial charge is 0.135 e. The summed E-state index contributed by atoms with van der Waals surface area (Å²) in [4.78, 5) is 0. The second-order valence-electron chi connectivity index (χ2n) is 4.92. The van der Waals surface area contributed by atoms with Crippen molar-refractivity contribution in [2.45, 2.75) is 19.8 Å². The van der Waals surface area contributed by atoms with E-state index in [1.165, 1.54) is 5.56 Å². The number of fused-ring (bicyclic) bond motifs is 1. The van der Waals surface area contributed by atoms with Crippen LogP contribution in [-0.4, -0.2) is 0 Å². The first-order valence-electron chi connectivity index (χ1n) is 6.83. The lowest BCUT2D eigenvalue weighted by Gasteiger charge is -2.00. The Hall–Kier alpha value is -2.53. The highest BCUT2D eigenvalue weighted by Gasteiger charge is 2.07. The van der Waals surface area contributed by atoms with Crippen LogP contribution in [0, 0.1) is 11.3 Å². The lowest BCUT2D eigenvalue weighted by molar-refractivity contribution is 0.631. The van der Waals surface area contributed by atoms with Crippen LogP contribution in [0.15, 0.2) is 52.9 Å². The predicted molar refractivity (Wildman–Crippen MR) is 80.4 cm³/mol. The summed E-state index contributed by atoms with van der Waals surface area (Å²) in [6, 6.07) is 18.1. The molecule has 3 rings (SSSR count). The Morgan fingerprint density at radius 1 is 1.05 bits per heavy atom. The lowest BCUT2D eigenvalue weighted by Crippen LogP contribution is -1.82. The zero-order chi connectivity index (χ0) is 13.9. The van der Waals surface area contributed by atoms with E-state index in [-0.39, 0.29) is 0 Å². The van der Waals surface area contributed by atoms with E-state index in [2.05, 4.69) is 37.3 Å². The van der Waals surface area contributed by atoms with Gasteiger partial charge < -0.3 is 4.42 Å². The molecule has 98 valence electrons. The Balaban J connectivity index is 1.99. The van der Waals surface area contributed by atoms with Crippen LogP contribution in [0.2, 0.25) is 0 Å². The molecule has 0 radical (unpaired) electrons. The van der Waals surface area contributed by atoms with Crippen LogP contribution in [0.4, 0.5) is 0 Å². The van der Waals surface area contributed by atoms with Gasteiger partial charge in [-0.2, -0.15) is 5.26 Å².